The summed E-state index contributed by atoms with van der Waals surface area (Å²) in [6, 6.07) is 8.37. The molecule has 152 valence electrons. The van der Waals surface area contributed by atoms with Gasteiger partial charge >= 0.3 is 0 Å². The molecule has 1 N–H and O–H groups in total. The minimum absolute atomic E-state index is 0.00403. The summed E-state index contributed by atoms with van der Waals surface area (Å²) < 4.78 is 7.48. The van der Waals surface area contributed by atoms with Crippen molar-refractivity contribution < 1.29 is 9.53 Å². The molecule has 1 aromatic heterocycles. The third kappa shape index (κ3) is 5.05. The number of anilines is 1. The van der Waals surface area contributed by atoms with Crippen LogP contribution in [0.25, 0.3) is 0 Å². The van der Waals surface area contributed by atoms with Gasteiger partial charge in [-0.1, -0.05) is 43.0 Å². The fraction of sp³-hybridized carbons (Fsp3) is 0.550. The van der Waals surface area contributed by atoms with Gasteiger partial charge in [-0.15, -0.1) is 10.2 Å². The number of morpholine rings is 1. The van der Waals surface area contributed by atoms with Crippen molar-refractivity contribution in [2.75, 3.05) is 37.0 Å². The molecule has 1 aliphatic heterocycles. The fourth-order valence-corrected chi connectivity index (χ4v) is 4.01. The summed E-state index contributed by atoms with van der Waals surface area (Å²) in [5, 5.41) is 12.5. The highest BCUT2D eigenvalue weighted by molar-refractivity contribution is 7.99. The number of amides is 1. The smallest absolute Gasteiger partial charge is 0.230 e. The van der Waals surface area contributed by atoms with E-state index in [2.05, 4.69) is 63.1 Å². The highest BCUT2D eigenvalue weighted by Gasteiger charge is 2.20. The first-order chi connectivity index (χ1) is 13.6. The van der Waals surface area contributed by atoms with E-state index < -0.39 is 0 Å². The van der Waals surface area contributed by atoms with Gasteiger partial charge in [-0.05, 0) is 31.4 Å². The van der Waals surface area contributed by atoms with Gasteiger partial charge in [0.2, 0.25) is 11.9 Å². The first-order valence-electron chi connectivity index (χ1n) is 9.89. The number of thioether (sulfide) groups is 1. The number of ether oxygens (including phenoxy) is 1. The van der Waals surface area contributed by atoms with Crippen molar-refractivity contribution in [3.63, 3.8) is 0 Å². The van der Waals surface area contributed by atoms with Gasteiger partial charge in [0.15, 0.2) is 5.16 Å². The van der Waals surface area contributed by atoms with Crippen molar-refractivity contribution in [1.82, 2.24) is 20.1 Å². The van der Waals surface area contributed by atoms with Crippen LogP contribution in [0.5, 0.6) is 0 Å². The molecule has 3 rings (SSSR count). The highest BCUT2D eigenvalue weighted by Crippen LogP contribution is 2.23. The lowest BCUT2D eigenvalue weighted by Crippen LogP contribution is -2.38. The van der Waals surface area contributed by atoms with Gasteiger partial charge in [0.05, 0.1) is 25.0 Å². The zero-order valence-corrected chi connectivity index (χ0v) is 17.7. The predicted octanol–water partition coefficient (Wildman–Crippen LogP) is 2.67. The molecule has 1 amide bonds. The molecular formula is C20H29N5O2S. The van der Waals surface area contributed by atoms with Crippen LogP contribution in [-0.4, -0.2) is 52.7 Å². The molecule has 2 heterocycles. The van der Waals surface area contributed by atoms with E-state index in [9.17, 15) is 4.79 Å². The van der Waals surface area contributed by atoms with E-state index in [1.54, 1.807) is 0 Å². The average molecular weight is 404 g/mol. The van der Waals surface area contributed by atoms with Gasteiger partial charge in [0.1, 0.15) is 0 Å². The molecule has 0 unspecified atom stereocenters. The number of benzene rings is 1. The topological polar surface area (TPSA) is 72.3 Å². The monoisotopic (exact) mass is 403 g/mol. The van der Waals surface area contributed by atoms with Crippen molar-refractivity contribution in [1.29, 1.82) is 0 Å². The van der Waals surface area contributed by atoms with E-state index in [1.807, 2.05) is 6.92 Å². The summed E-state index contributed by atoms with van der Waals surface area (Å²) in [6.07, 6.45) is 1.02. The first-order valence-corrected chi connectivity index (χ1v) is 10.9. The number of carbonyl (C=O) groups is 1. The molecule has 0 radical (unpaired) electrons. The van der Waals surface area contributed by atoms with Crippen LogP contribution in [-0.2, 0) is 22.5 Å². The van der Waals surface area contributed by atoms with Gasteiger partial charge in [-0.25, -0.2) is 0 Å². The Bertz CT molecular complexity index is 771. The molecule has 2 aromatic rings. The Labute approximate surface area is 170 Å². The van der Waals surface area contributed by atoms with Crippen molar-refractivity contribution in [3.8, 4) is 0 Å². The third-order valence-corrected chi connectivity index (χ3v) is 5.87. The Hall–Kier alpha value is -2.06. The normalized spacial score (nSPS) is 15.5. The molecule has 1 aromatic carbocycles. The van der Waals surface area contributed by atoms with Crippen LogP contribution in [0.1, 0.15) is 37.9 Å². The maximum absolute atomic E-state index is 12.4. The standard InChI is InChI=1S/C20H29N5O2S/c1-4-16-6-8-17(9-7-16)15(3)21-18(26)14-28-20-23-22-19(25(20)5-2)24-10-12-27-13-11-24/h6-9,15H,4-5,10-14H2,1-3H3,(H,21,26)/t15-/m1/s1. The Kier molecular flexibility index (Phi) is 7.33. The summed E-state index contributed by atoms with van der Waals surface area (Å²) in [7, 11) is 0. The van der Waals surface area contributed by atoms with Crippen molar-refractivity contribution >= 4 is 23.6 Å². The minimum Gasteiger partial charge on any atom is -0.378 e. The number of aryl methyl sites for hydroxylation is 1. The zero-order valence-electron chi connectivity index (χ0n) is 16.9. The van der Waals surface area contributed by atoms with E-state index in [-0.39, 0.29) is 11.9 Å². The quantitative estimate of drug-likeness (QED) is 0.683. The number of rotatable bonds is 8. The third-order valence-electron chi connectivity index (χ3n) is 4.91. The Morgan fingerprint density at radius 2 is 1.93 bits per heavy atom. The molecule has 1 fully saturated rings. The molecule has 8 heteroatoms. The molecule has 0 saturated carbocycles. The van der Waals surface area contributed by atoms with Gasteiger partial charge in [-0.3, -0.25) is 9.36 Å². The van der Waals surface area contributed by atoms with Crippen molar-refractivity contribution in [3.05, 3.63) is 35.4 Å². The lowest BCUT2D eigenvalue weighted by atomic mass is 10.1. The largest absolute Gasteiger partial charge is 0.378 e. The van der Waals surface area contributed by atoms with Crippen LogP contribution in [0.2, 0.25) is 0 Å². The van der Waals surface area contributed by atoms with Crippen LogP contribution >= 0.6 is 11.8 Å². The SMILES string of the molecule is CCc1ccc([C@@H](C)NC(=O)CSc2nnc(N3CCOCC3)n2CC)cc1. The Morgan fingerprint density at radius 1 is 1.21 bits per heavy atom. The lowest BCUT2D eigenvalue weighted by molar-refractivity contribution is -0.119. The number of aromatic nitrogens is 3. The summed E-state index contributed by atoms with van der Waals surface area (Å²) in [6.45, 7) is 10.0. The summed E-state index contributed by atoms with van der Waals surface area (Å²) in [4.78, 5) is 14.6. The van der Waals surface area contributed by atoms with Crippen LogP contribution in [0, 0.1) is 0 Å². The number of nitrogens with one attached hydrogen (secondary N) is 1. The van der Waals surface area contributed by atoms with Crippen LogP contribution < -0.4 is 10.2 Å². The Balaban J connectivity index is 1.55. The van der Waals surface area contributed by atoms with E-state index in [4.69, 9.17) is 4.74 Å². The molecule has 0 bridgehead atoms. The summed E-state index contributed by atoms with van der Waals surface area (Å²) in [5.41, 5.74) is 2.41. The average Bonchev–Trinajstić information content (AvgIpc) is 3.16. The van der Waals surface area contributed by atoms with E-state index in [0.717, 1.165) is 42.7 Å². The maximum Gasteiger partial charge on any atom is 0.230 e. The molecule has 1 saturated heterocycles. The molecule has 28 heavy (non-hydrogen) atoms. The molecule has 7 nitrogen and oxygen atoms in total. The second-order valence-corrected chi connectivity index (χ2v) is 7.74. The second-order valence-electron chi connectivity index (χ2n) is 6.80. The number of carbonyl (C=O) groups excluding carboxylic acids is 1. The first kappa shape index (κ1) is 20.7. The molecular weight excluding hydrogens is 374 g/mol. The van der Waals surface area contributed by atoms with Gasteiger partial charge in [-0.2, -0.15) is 0 Å². The van der Waals surface area contributed by atoms with E-state index in [0.29, 0.717) is 19.0 Å². The zero-order chi connectivity index (χ0) is 19.9. The van der Waals surface area contributed by atoms with Crippen molar-refractivity contribution in [2.24, 2.45) is 0 Å². The van der Waals surface area contributed by atoms with Crippen LogP contribution in [0.4, 0.5) is 5.95 Å². The van der Waals surface area contributed by atoms with Crippen LogP contribution in [0.15, 0.2) is 29.4 Å². The summed E-state index contributed by atoms with van der Waals surface area (Å²) in [5.74, 6) is 1.17. The van der Waals surface area contributed by atoms with E-state index >= 15 is 0 Å². The Morgan fingerprint density at radius 3 is 2.57 bits per heavy atom. The minimum atomic E-state index is -0.0213. The van der Waals surface area contributed by atoms with Crippen LogP contribution in [0.3, 0.4) is 0 Å². The maximum atomic E-state index is 12.4. The molecule has 1 aliphatic rings. The predicted molar refractivity (Wildman–Crippen MR) is 112 cm³/mol. The highest BCUT2D eigenvalue weighted by atomic mass is 32.2. The fourth-order valence-electron chi connectivity index (χ4n) is 3.20. The van der Waals surface area contributed by atoms with Crippen molar-refractivity contribution in [2.45, 2.75) is 44.9 Å². The van der Waals surface area contributed by atoms with E-state index in [1.165, 1.54) is 17.3 Å². The second kappa shape index (κ2) is 9.93. The lowest BCUT2D eigenvalue weighted by Gasteiger charge is -2.27. The number of hydrogen-bond donors (Lipinski definition) is 1. The summed E-state index contributed by atoms with van der Waals surface area (Å²) >= 11 is 1.43. The molecule has 0 aliphatic carbocycles. The number of nitrogens with zero attached hydrogens (tertiary/aromatic N) is 4. The molecule has 0 spiro atoms. The van der Waals surface area contributed by atoms with Gasteiger partial charge in [0, 0.05) is 19.6 Å². The number of hydrogen-bond acceptors (Lipinski definition) is 6. The van der Waals surface area contributed by atoms with Gasteiger partial charge in [0.25, 0.3) is 0 Å². The van der Waals surface area contributed by atoms with Gasteiger partial charge < -0.3 is 15.0 Å². The molecule has 1 atom stereocenters.